The Morgan fingerprint density at radius 1 is 1.23 bits per heavy atom. The van der Waals surface area contributed by atoms with Crippen LogP contribution in [-0.2, 0) is 20.8 Å². The number of aromatic amines is 1. The quantitative estimate of drug-likeness (QED) is 0.562. The number of carbonyl (C=O) groups excluding carboxylic acids is 3. The highest BCUT2D eigenvalue weighted by atomic mass is 16.2. The van der Waals surface area contributed by atoms with Crippen LogP contribution in [0.2, 0.25) is 0 Å². The van der Waals surface area contributed by atoms with Crippen LogP contribution in [0, 0.1) is 0 Å². The maximum Gasteiger partial charge on any atom is 0.246 e. The molecule has 4 rings (SSSR count). The summed E-state index contributed by atoms with van der Waals surface area (Å²) in [7, 11) is 0. The van der Waals surface area contributed by atoms with Crippen LogP contribution in [0.25, 0.3) is 10.9 Å². The van der Waals surface area contributed by atoms with Crippen LogP contribution in [-0.4, -0.2) is 58.3 Å². The summed E-state index contributed by atoms with van der Waals surface area (Å²) < 4.78 is 0. The number of piperidine rings is 1. The molecule has 5 N–H and O–H groups in total. The second-order valence-corrected chi connectivity index (χ2v) is 8.32. The van der Waals surface area contributed by atoms with E-state index >= 15 is 0 Å². The number of nitrogens with zero attached hydrogens (tertiary/aromatic N) is 1. The Bertz CT molecular complexity index is 953. The summed E-state index contributed by atoms with van der Waals surface area (Å²) in [4.78, 5) is 42.7. The Morgan fingerprint density at radius 3 is 2.80 bits per heavy atom. The summed E-state index contributed by atoms with van der Waals surface area (Å²) >= 11 is 0. The van der Waals surface area contributed by atoms with Crippen molar-refractivity contribution >= 4 is 28.6 Å². The highest BCUT2D eigenvalue weighted by molar-refractivity contribution is 5.94. The molecule has 160 valence electrons. The maximum absolute atomic E-state index is 13.0. The molecule has 8 heteroatoms. The van der Waals surface area contributed by atoms with E-state index in [4.69, 9.17) is 5.73 Å². The molecule has 1 unspecified atom stereocenters. The van der Waals surface area contributed by atoms with Crippen molar-refractivity contribution in [2.24, 2.45) is 5.73 Å². The lowest BCUT2D eigenvalue weighted by Gasteiger charge is -2.38. The molecule has 2 aliphatic rings. The number of nitrogens with one attached hydrogen (secondary N) is 3. The molecule has 2 fully saturated rings. The average molecular weight is 412 g/mol. The average Bonchev–Trinajstić information content (AvgIpc) is 3.35. The normalized spacial score (nSPS) is 24.5. The third-order valence-electron chi connectivity index (χ3n) is 6.24. The van der Waals surface area contributed by atoms with Crippen molar-refractivity contribution in [2.45, 2.75) is 63.2 Å². The molecule has 2 aromatic rings. The van der Waals surface area contributed by atoms with E-state index in [1.807, 2.05) is 24.4 Å². The lowest BCUT2D eigenvalue weighted by atomic mass is 9.97. The van der Waals surface area contributed by atoms with Crippen LogP contribution in [0.15, 0.2) is 30.5 Å². The third-order valence-corrected chi connectivity index (χ3v) is 6.24. The molecule has 2 saturated heterocycles. The Hall–Kier alpha value is -2.87. The number of amides is 3. The Labute approximate surface area is 175 Å². The number of fused-ring (bicyclic) bond motifs is 2. The zero-order valence-corrected chi connectivity index (χ0v) is 17.2. The van der Waals surface area contributed by atoms with E-state index in [9.17, 15) is 14.4 Å². The number of para-hydroxylation sites is 1. The molecule has 1 aromatic carbocycles. The van der Waals surface area contributed by atoms with Crippen LogP contribution >= 0.6 is 0 Å². The molecule has 30 heavy (non-hydrogen) atoms. The summed E-state index contributed by atoms with van der Waals surface area (Å²) in [5.41, 5.74) is 7.84. The van der Waals surface area contributed by atoms with Gasteiger partial charge in [0.2, 0.25) is 17.7 Å². The first-order valence-corrected chi connectivity index (χ1v) is 10.7. The van der Waals surface area contributed by atoms with E-state index in [-0.39, 0.29) is 23.8 Å². The topological polar surface area (TPSA) is 120 Å². The van der Waals surface area contributed by atoms with Gasteiger partial charge in [-0.3, -0.25) is 14.4 Å². The first-order chi connectivity index (χ1) is 14.5. The van der Waals surface area contributed by atoms with Gasteiger partial charge < -0.3 is 26.3 Å². The lowest BCUT2D eigenvalue weighted by molar-refractivity contribution is -0.146. The SMILES string of the molecule is C[C@H](N)C(=O)N[C@H]1CCC2CC[C@@H](C(=O)NCCc3c[nH]c4ccccc34)N2C1=O. The van der Waals surface area contributed by atoms with Crippen molar-refractivity contribution in [1.29, 1.82) is 0 Å². The number of benzene rings is 1. The van der Waals surface area contributed by atoms with Gasteiger partial charge in [0.1, 0.15) is 12.1 Å². The number of aromatic nitrogens is 1. The van der Waals surface area contributed by atoms with E-state index in [1.54, 1.807) is 11.8 Å². The zero-order valence-electron chi connectivity index (χ0n) is 17.2. The van der Waals surface area contributed by atoms with Gasteiger partial charge in [-0.25, -0.2) is 0 Å². The zero-order chi connectivity index (χ0) is 21.3. The molecule has 0 aliphatic carbocycles. The highest BCUT2D eigenvalue weighted by Crippen LogP contribution is 2.32. The minimum Gasteiger partial charge on any atom is -0.361 e. The molecule has 0 saturated carbocycles. The van der Waals surface area contributed by atoms with Crippen molar-refractivity contribution in [3.05, 3.63) is 36.0 Å². The number of nitrogens with two attached hydrogens (primary N) is 1. The maximum atomic E-state index is 13.0. The first-order valence-electron chi connectivity index (χ1n) is 10.7. The molecular formula is C22H29N5O3. The van der Waals surface area contributed by atoms with E-state index in [1.165, 1.54) is 0 Å². The van der Waals surface area contributed by atoms with Crippen molar-refractivity contribution < 1.29 is 14.4 Å². The smallest absolute Gasteiger partial charge is 0.246 e. The Balaban J connectivity index is 1.35. The first kappa shape index (κ1) is 20.4. The number of hydrogen-bond acceptors (Lipinski definition) is 4. The lowest BCUT2D eigenvalue weighted by Crippen LogP contribution is -2.60. The number of H-pyrrole nitrogens is 1. The molecule has 3 amide bonds. The highest BCUT2D eigenvalue weighted by Gasteiger charge is 2.46. The van der Waals surface area contributed by atoms with Crippen LogP contribution in [0.4, 0.5) is 0 Å². The summed E-state index contributed by atoms with van der Waals surface area (Å²) in [6, 6.07) is 6.41. The monoisotopic (exact) mass is 411 g/mol. The summed E-state index contributed by atoms with van der Waals surface area (Å²) in [6.07, 6.45) is 5.54. The van der Waals surface area contributed by atoms with Gasteiger partial charge in [0.25, 0.3) is 0 Å². The molecule has 0 bridgehead atoms. The summed E-state index contributed by atoms with van der Waals surface area (Å²) in [5, 5.41) is 6.89. The number of rotatable bonds is 6. The fourth-order valence-electron chi connectivity index (χ4n) is 4.63. The molecule has 4 atom stereocenters. The van der Waals surface area contributed by atoms with E-state index in [0.717, 1.165) is 29.3 Å². The second kappa shape index (κ2) is 8.47. The van der Waals surface area contributed by atoms with Crippen molar-refractivity contribution in [3.8, 4) is 0 Å². The largest absolute Gasteiger partial charge is 0.361 e. The molecule has 8 nitrogen and oxygen atoms in total. The van der Waals surface area contributed by atoms with Gasteiger partial charge in [0.15, 0.2) is 0 Å². The second-order valence-electron chi connectivity index (χ2n) is 8.32. The number of carbonyl (C=O) groups is 3. The van der Waals surface area contributed by atoms with Gasteiger partial charge in [0.05, 0.1) is 6.04 Å². The molecule has 3 heterocycles. The van der Waals surface area contributed by atoms with Crippen molar-refractivity contribution in [1.82, 2.24) is 20.5 Å². The molecule has 2 aliphatic heterocycles. The third kappa shape index (κ3) is 3.92. The fraction of sp³-hybridized carbons (Fsp3) is 0.500. The van der Waals surface area contributed by atoms with E-state index in [2.05, 4.69) is 21.7 Å². The summed E-state index contributed by atoms with van der Waals surface area (Å²) in [6.45, 7) is 2.10. The van der Waals surface area contributed by atoms with Gasteiger partial charge in [-0.05, 0) is 50.7 Å². The molecular weight excluding hydrogens is 382 g/mol. The Kier molecular flexibility index (Phi) is 5.76. The predicted octanol–water partition coefficient (Wildman–Crippen LogP) is 0.812. The summed E-state index contributed by atoms with van der Waals surface area (Å²) in [5.74, 6) is -0.634. The van der Waals surface area contributed by atoms with Crippen LogP contribution < -0.4 is 16.4 Å². The van der Waals surface area contributed by atoms with E-state index in [0.29, 0.717) is 25.8 Å². The van der Waals surface area contributed by atoms with Gasteiger partial charge in [-0.2, -0.15) is 0 Å². The van der Waals surface area contributed by atoms with Gasteiger partial charge in [-0.15, -0.1) is 0 Å². The predicted molar refractivity (Wildman–Crippen MR) is 113 cm³/mol. The molecule has 0 radical (unpaired) electrons. The molecule has 0 spiro atoms. The number of hydrogen-bond donors (Lipinski definition) is 4. The van der Waals surface area contributed by atoms with Crippen LogP contribution in [0.5, 0.6) is 0 Å². The Morgan fingerprint density at radius 2 is 2.00 bits per heavy atom. The fourth-order valence-corrected chi connectivity index (χ4v) is 4.63. The van der Waals surface area contributed by atoms with Crippen LogP contribution in [0.3, 0.4) is 0 Å². The molecule has 1 aromatic heterocycles. The van der Waals surface area contributed by atoms with E-state index < -0.39 is 18.1 Å². The minimum absolute atomic E-state index is 0.0744. The van der Waals surface area contributed by atoms with Crippen molar-refractivity contribution in [3.63, 3.8) is 0 Å². The van der Waals surface area contributed by atoms with Gasteiger partial charge in [0, 0.05) is 29.7 Å². The van der Waals surface area contributed by atoms with Crippen LogP contribution in [0.1, 0.15) is 38.2 Å². The van der Waals surface area contributed by atoms with Crippen molar-refractivity contribution in [2.75, 3.05) is 6.54 Å². The standard InChI is InChI=1S/C22H29N5O3/c1-13(23)20(28)26-18-8-6-15-7-9-19(27(15)22(18)30)21(29)24-11-10-14-12-25-17-5-3-2-4-16(14)17/h2-5,12-13,15,18-19,25H,6-11,23H2,1H3,(H,24,29)(H,26,28)/t13-,15?,18-,19-/m0/s1. The van der Waals surface area contributed by atoms with Gasteiger partial charge >= 0.3 is 0 Å². The minimum atomic E-state index is -0.669. The van der Waals surface area contributed by atoms with Gasteiger partial charge in [-0.1, -0.05) is 18.2 Å².